The van der Waals surface area contributed by atoms with Gasteiger partial charge in [-0.05, 0) is 45.5 Å². The molecule has 35 heavy (non-hydrogen) atoms. The molecule has 0 atom stereocenters. The van der Waals surface area contributed by atoms with Crippen LogP contribution in [-0.4, -0.2) is 62.0 Å². The molecule has 0 saturated carbocycles. The van der Waals surface area contributed by atoms with Gasteiger partial charge >= 0.3 is 6.03 Å². The zero-order valence-electron chi connectivity index (χ0n) is 20.9. The van der Waals surface area contributed by atoms with Gasteiger partial charge in [-0.25, -0.2) is 4.79 Å². The highest BCUT2D eigenvalue weighted by Crippen LogP contribution is 2.23. The van der Waals surface area contributed by atoms with E-state index in [0.29, 0.717) is 43.0 Å². The van der Waals surface area contributed by atoms with Crippen LogP contribution < -0.4 is 16.4 Å². The molecule has 2 rings (SSSR count). The van der Waals surface area contributed by atoms with Gasteiger partial charge < -0.3 is 26.2 Å². The zero-order chi connectivity index (χ0) is 25.5. The molecule has 0 radical (unpaired) electrons. The number of likely N-dealkylation sites (N-methyl/N-ethyl adjacent to an activating group) is 1. The number of nitrogens with two attached hydrogens (primary N) is 1. The van der Waals surface area contributed by atoms with E-state index >= 15 is 0 Å². The van der Waals surface area contributed by atoms with Crippen molar-refractivity contribution >= 4 is 34.6 Å². The Kier molecular flexibility index (Phi) is 12.4. The van der Waals surface area contributed by atoms with Crippen molar-refractivity contribution in [1.82, 2.24) is 15.1 Å². The zero-order valence-corrected chi connectivity index (χ0v) is 21.7. The van der Waals surface area contributed by atoms with Gasteiger partial charge in [-0.3, -0.25) is 4.79 Å². The van der Waals surface area contributed by atoms with E-state index in [0.717, 1.165) is 13.0 Å². The van der Waals surface area contributed by atoms with Crippen LogP contribution in [-0.2, 0) is 11.2 Å². The number of hydrogen-bond acceptors (Lipinski definition) is 5. The molecule has 0 bridgehead atoms. The summed E-state index contributed by atoms with van der Waals surface area (Å²) in [6, 6.07) is 10.0. The van der Waals surface area contributed by atoms with E-state index in [4.69, 9.17) is 5.73 Å². The molecule has 1 aromatic carbocycles. The second-order valence-electron chi connectivity index (χ2n) is 8.29. The Morgan fingerprint density at radius 3 is 2.51 bits per heavy atom. The number of amides is 3. The monoisotopic (exact) mass is 495 g/mol. The lowest BCUT2D eigenvalue weighted by molar-refractivity contribution is -0.112. The van der Waals surface area contributed by atoms with Crippen molar-refractivity contribution < 1.29 is 9.59 Å². The molecule has 3 amide bonds. The average molecular weight is 496 g/mol. The topological polar surface area (TPSA) is 90.7 Å². The van der Waals surface area contributed by atoms with Crippen LogP contribution in [0.3, 0.4) is 0 Å². The molecule has 0 fully saturated rings. The molecule has 8 heteroatoms. The molecule has 7 nitrogen and oxygen atoms in total. The average Bonchev–Trinajstić information content (AvgIpc) is 3.24. The van der Waals surface area contributed by atoms with Crippen LogP contribution in [0.25, 0.3) is 0 Å². The highest BCUT2D eigenvalue weighted by molar-refractivity contribution is 7.09. The van der Waals surface area contributed by atoms with Crippen molar-refractivity contribution in [2.75, 3.05) is 51.3 Å². The number of nitrogens with one attached hydrogen (secondary N) is 2. The van der Waals surface area contributed by atoms with Crippen LogP contribution in [0.2, 0.25) is 0 Å². The highest BCUT2D eigenvalue weighted by atomic mass is 32.1. The van der Waals surface area contributed by atoms with E-state index < -0.39 is 0 Å². The molecule has 1 heterocycles. The van der Waals surface area contributed by atoms with Gasteiger partial charge in [0.05, 0.1) is 11.4 Å². The molecule has 0 aliphatic carbocycles. The minimum atomic E-state index is -0.229. The minimum Gasteiger partial charge on any atom is -0.396 e. The van der Waals surface area contributed by atoms with Crippen LogP contribution in [0, 0.1) is 0 Å². The first-order valence-corrected chi connectivity index (χ1v) is 12.7. The number of rotatable bonds is 13. The Balaban J connectivity index is 1.93. The Hall–Kier alpha value is -3.36. The van der Waals surface area contributed by atoms with E-state index in [1.54, 1.807) is 17.5 Å². The van der Waals surface area contributed by atoms with Gasteiger partial charge in [-0.1, -0.05) is 54.6 Å². The summed E-state index contributed by atoms with van der Waals surface area (Å²) in [5.41, 5.74) is 8.76. The summed E-state index contributed by atoms with van der Waals surface area (Å²) in [6.07, 6.45) is 10.6. The third kappa shape index (κ3) is 10.6. The third-order valence-corrected chi connectivity index (χ3v) is 5.93. The third-order valence-electron chi connectivity index (χ3n) is 5.17. The van der Waals surface area contributed by atoms with Crippen molar-refractivity contribution in [1.29, 1.82) is 0 Å². The lowest BCUT2D eigenvalue weighted by Crippen LogP contribution is -2.44. The maximum atomic E-state index is 12.8. The smallest absolute Gasteiger partial charge is 0.317 e. The standard InChI is InChI=1S/C27H37N5O2S/c1-4-5-13-23(26(33)30-25-21-35-20-24(25)28)14-9-10-17-32(19-18-31(2)3)27(34)29-16-15-22-11-7-6-8-12-22/h4-9,11-14,20-21H,10,15-19,28H2,1-3H3,(H,29,34)(H,30,33)/b5-4-,14-9-,23-13+. The molecule has 0 saturated heterocycles. The van der Waals surface area contributed by atoms with Crippen molar-refractivity contribution in [2.45, 2.75) is 19.8 Å². The summed E-state index contributed by atoms with van der Waals surface area (Å²) in [4.78, 5) is 29.4. The Morgan fingerprint density at radius 2 is 1.86 bits per heavy atom. The SMILES string of the molecule is C\C=C/C=C(\C=C/CCN(CCN(C)C)C(=O)NCCc1ccccc1)C(=O)Nc1cscc1N. The number of allylic oxidation sites excluding steroid dienone is 3. The van der Waals surface area contributed by atoms with E-state index in [-0.39, 0.29) is 11.9 Å². The second-order valence-corrected chi connectivity index (χ2v) is 9.04. The molecule has 2 aromatic rings. The van der Waals surface area contributed by atoms with E-state index in [9.17, 15) is 9.59 Å². The summed E-state index contributed by atoms with van der Waals surface area (Å²) >= 11 is 1.44. The maximum absolute atomic E-state index is 12.8. The number of anilines is 2. The molecular formula is C27H37N5O2S. The molecule has 0 spiro atoms. The number of urea groups is 1. The van der Waals surface area contributed by atoms with E-state index in [1.807, 2.05) is 67.7 Å². The van der Waals surface area contributed by atoms with Gasteiger partial charge in [0, 0.05) is 42.5 Å². The van der Waals surface area contributed by atoms with Crippen LogP contribution in [0.5, 0.6) is 0 Å². The normalized spacial score (nSPS) is 11.9. The van der Waals surface area contributed by atoms with Gasteiger partial charge in [0.25, 0.3) is 5.91 Å². The molecule has 0 unspecified atom stereocenters. The number of thiophene rings is 1. The summed E-state index contributed by atoms with van der Waals surface area (Å²) < 4.78 is 0. The van der Waals surface area contributed by atoms with Crippen LogP contribution >= 0.6 is 11.3 Å². The molecule has 1 aromatic heterocycles. The molecule has 0 aliphatic heterocycles. The van der Waals surface area contributed by atoms with Gasteiger partial charge in [-0.15, -0.1) is 11.3 Å². The number of carbonyl (C=O) groups excluding carboxylic acids is 2. The van der Waals surface area contributed by atoms with Crippen LogP contribution in [0.15, 0.2) is 77.0 Å². The largest absolute Gasteiger partial charge is 0.396 e. The Morgan fingerprint density at radius 1 is 1.09 bits per heavy atom. The minimum absolute atomic E-state index is 0.0773. The predicted octanol–water partition coefficient (Wildman–Crippen LogP) is 4.53. The summed E-state index contributed by atoms with van der Waals surface area (Å²) in [6.45, 7) is 4.42. The van der Waals surface area contributed by atoms with Gasteiger partial charge in [0.15, 0.2) is 0 Å². The maximum Gasteiger partial charge on any atom is 0.317 e. The van der Waals surface area contributed by atoms with Crippen molar-refractivity contribution in [2.24, 2.45) is 0 Å². The van der Waals surface area contributed by atoms with Gasteiger partial charge in [0.1, 0.15) is 0 Å². The molecular weight excluding hydrogens is 458 g/mol. The first kappa shape index (κ1) is 27.9. The lowest BCUT2D eigenvalue weighted by Gasteiger charge is -2.24. The van der Waals surface area contributed by atoms with Crippen molar-refractivity contribution in [3.05, 3.63) is 82.6 Å². The van der Waals surface area contributed by atoms with Gasteiger partial charge in [-0.2, -0.15) is 0 Å². The highest BCUT2D eigenvalue weighted by Gasteiger charge is 2.13. The van der Waals surface area contributed by atoms with Gasteiger partial charge in [0.2, 0.25) is 0 Å². The fraction of sp³-hybridized carbons (Fsp3) is 0.333. The number of nitrogen functional groups attached to an aromatic ring is 1. The quantitative estimate of drug-likeness (QED) is 0.281. The molecule has 188 valence electrons. The van der Waals surface area contributed by atoms with Crippen molar-refractivity contribution in [3.63, 3.8) is 0 Å². The number of benzene rings is 1. The molecule has 0 aliphatic rings. The number of hydrogen-bond donors (Lipinski definition) is 3. The summed E-state index contributed by atoms with van der Waals surface area (Å²) in [7, 11) is 3.98. The Labute approximate surface area is 213 Å². The number of nitrogens with zero attached hydrogens (tertiary/aromatic N) is 2. The fourth-order valence-corrected chi connectivity index (χ4v) is 3.83. The summed E-state index contributed by atoms with van der Waals surface area (Å²) in [5, 5.41) is 9.47. The van der Waals surface area contributed by atoms with E-state index in [2.05, 4.69) is 27.7 Å². The number of carbonyl (C=O) groups is 2. The van der Waals surface area contributed by atoms with Crippen LogP contribution in [0.1, 0.15) is 18.9 Å². The predicted molar refractivity (Wildman–Crippen MR) is 148 cm³/mol. The first-order chi connectivity index (χ1) is 16.9. The summed E-state index contributed by atoms with van der Waals surface area (Å²) in [5.74, 6) is -0.229. The van der Waals surface area contributed by atoms with Crippen LogP contribution in [0.4, 0.5) is 16.2 Å². The lowest BCUT2D eigenvalue weighted by atomic mass is 10.1. The second kappa shape index (κ2) is 15.5. The Bertz CT molecular complexity index is 1010. The fourth-order valence-electron chi connectivity index (χ4n) is 3.16. The first-order valence-electron chi connectivity index (χ1n) is 11.7. The van der Waals surface area contributed by atoms with E-state index in [1.165, 1.54) is 16.9 Å². The van der Waals surface area contributed by atoms with Crippen molar-refractivity contribution in [3.8, 4) is 0 Å². The molecule has 4 N–H and O–H groups in total.